The van der Waals surface area contributed by atoms with Gasteiger partial charge in [0.15, 0.2) is 0 Å². The van der Waals surface area contributed by atoms with Crippen molar-refractivity contribution in [3.8, 4) is 0 Å². The quantitative estimate of drug-likeness (QED) is 0.530. The highest BCUT2D eigenvalue weighted by Gasteiger charge is 2.62. The topological polar surface area (TPSA) is 27.7 Å². The van der Waals surface area contributed by atoms with Gasteiger partial charge in [-0.25, -0.2) is 0 Å². The second kappa shape index (κ2) is 5.91. The Labute approximate surface area is 124 Å². The average molecular weight is 296 g/mol. The van der Waals surface area contributed by atoms with Crippen LogP contribution in [-0.4, -0.2) is 28.6 Å². The Kier molecular flexibility index (Phi) is 4.36. The Hall–Kier alpha value is -0.163. The first-order chi connectivity index (χ1) is 9.75. The monoisotopic (exact) mass is 296 g/mol. The van der Waals surface area contributed by atoms with Gasteiger partial charge in [0.1, 0.15) is 0 Å². The maximum absolute atomic E-state index is 6.18. The second-order valence-electron chi connectivity index (χ2n) is 6.28. The smallest absolute Gasteiger partial charge is 0.374 e. The summed E-state index contributed by atoms with van der Waals surface area (Å²) in [5, 5.41) is 0. The van der Waals surface area contributed by atoms with Gasteiger partial charge in [-0.05, 0) is 63.7 Å². The Morgan fingerprint density at radius 1 is 0.900 bits per heavy atom. The van der Waals surface area contributed by atoms with Crippen LogP contribution in [0.1, 0.15) is 40.0 Å². The largest absolute Gasteiger partial charge is 0.504 e. The summed E-state index contributed by atoms with van der Waals surface area (Å²) in [6.07, 6.45) is 8.84. The Balaban J connectivity index is 1.85. The third kappa shape index (κ3) is 2.21. The van der Waals surface area contributed by atoms with Gasteiger partial charge in [-0.3, -0.25) is 0 Å². The van der Waals surface area contributed by atoms with Crippen LogP contribution >= 0.6 is 0 Å². The summed E-state index contributed by atoms with van der Waals surface area (Å²) < 4.78 is 18.5. The van der Waals surface area contributed by atoms with Gasteiger partial charge in [0.2, 0.25) is 0 Å². The van der Waals surface area contributed by atoms with E-state index in [-0.39, 0.29) is 0 Å². The predicted octanol–water partition coefficient (Wildman–Crippen LogP) is 3.64. The molecular formula is C16H28O3Si. The normalized spacial score (nSPS) is 38.6. The standard InChI is InChI=1S/C16H28O3Si/c1-4-17-20(18-5-2,19-6-3)15-10-9-14-12-7-8-13(11-12)16(14)15/h7-8,12-16H,4-6,9-11H2,1-3H3. The van der Waals surface area contributed by atoms with Crippen LogP contribution in [0.5, 0.6) is 0 Å². The molecule has 0 radical (unpaired) electrons. The van der Waals surface area contributed by atoms with Crippen molar-refractivity contribution in [3.63, 3.8) is 0 Å². The van der Waals surface area contributed by atoms with Crippen LogP contribution in [0.15, 0.2) is 12.2 Å². The van der Waals surface area contributed by atoms with E-state index < -0.39 is 8.80 Å². The first kappa shape index (κ1) is 14.8. The van der Waals surface area contributed by atoms with E-state index in [9.17, 15) is 0 Å². The summed E-state index contributed by atoms with van der Waals surface area (Å²) >= 11 is 0. The lowest BCUT2D eigenvalue weighted by molar-refractivity contribution is 0.0534. The zero-order chi connectivity index (χ0) is 14.2. The molecule has 2 saturated carbocycles. The molecule has 2 fully saturated rings. The van der Waals surface area contributed by atoms with Gasteiger partial charge >= 0.3 is 8.80 Å². The van der Waals surface area contributed by atoms with E-state index in [0.29, 0.717) is 25.4 Å². The molecule has 20 heavy (non-hydrogen) atoms. The van der Waals surface area contributed by atoms with E-state index >= 15 is 0 Å². The summed E-state index contributed by atoms with van der Waals surface area (Å²) in [6, 6.07) is 0. The van der Waals surface area contributed by atoms with E-state index in [2.05, 4.69) is 32.9 Å². The van der Waals surface area contributed by atoms with Gasteiger partial charge in [0.05, 0.1) is 0 Å². The Bertz CT molecular complexity index is 354. The molecular weight excluding hydrogens is 268 g/mol. The average Bonchev–Trinajstić information content (AvgIpc) is 3.12. The molecule has 0 aromatic heterocycles. The Morgan fingerprint density at radius 3 is 2.10 bits per heavy atom. The number of hydrogen-bond acceptors (Lipinski definition) is 3. The molecule has 5 unspecified atom stereocenters. The minimum Gasteiger partial charge on any atom is -0.374 e. The van der Waals surface area contributed by atoms with Gasteiger partial charge < -0.3 is 13.3 Å². The van der Waals surface area contributed by atoms with Gasteiger partial charge in [0.25, 0.3) is 0 Å². The Morgan fingerprint density at radius 2 is 1.50 bits per heavy atom. The van der Waals surface area contributed by atoms with Crippen molar-refractivity contribution in [2.24, 2.45) is 23.7 Å². The molecule has 0 aliphatic heterocycles. The molecule has 5 atom stereocenters. The molecule has 3 aliphatic carbocycles. The molecule has 3 rings (SSSR count). The van der Waals surface area contributed by atoms with Gasteiger partial charge in [0, 0.05) is 25.4 Å². The molecule has 3 aliphatic rings. The number of rotatable bonds is 7. The molecule has 0 heterocycles. The zero-order valence-corrected chi connectivity index (χ0v) is 14.0. The van der Waals surface area contributed by atoms with Gasteiger partial charge in [-0.15, -0.1) is 0 Å². The third-order valence-corrected chi connectivity index (χ3v) is 9.11. The fraction of sp³-hybridized carbons (Fsp3) is 0.875. The van der Waals surface area contributed by atoms with Gasteiger partial charge in [-0.2, -0.15) is 0 Å². The molecule has 114 valence electrons. The van der Waals surface area contributed by atoms with Crippen molar-refractivity contribution < 1.29 is 13.3 Å². The number of hydrogen-bond donors (Lipinski definition) is 0. The van der Waals surface area contributed by atoms with Crippen LogP contribution in [0.25, 0.3) is 0 Å². The maximum Gasteiger partial charge on any atom is 0.504 e. The summed E-state index contributed by atoms with van der Waals surface area (Å²) in [5.74, 6) is 3.20. The minimum absolute atomic E-state index is 0.521. The summed E-state index contributed by atoms with van der Waals surface area (Å²) in [6.45, 7) is 8.28. The highest BCUT2D eigenvalue weighted by atomic mass is 28.4. The molecule has 0 aromatic rings. The van der Waals surface area contributed by atoms with Crippen LogP contribution in [0.2, 0.25) is 5.54 Å². The van der Waals surface area contributed by atoms with Crippen LogP contribution in [0.4, 0.5) is 0 Å². The van der Waals surface area contributed by atoms with Crippen LogP contribution < -0.4 is 0 Å². The SMILES string of the molecule is CCO[Si](OCC)(OCC)C1CCC2C3C=CC(C3)C21. The third-order valence-electron chi connectivity index (χ3n) is 5.45. The maximum atomic E-state index is 6.18. The summed E-state index contributed by atoms with van der Waals surface area (Å²) in [4.78, 5) is 0. The zero-order valence-electron chi connectivity index (χ0n) is 13.0. The molecule has 0 saturated heterocycles. The molecule has 3 nitrogen and oxygen atoms in total. The first-order valence-corrected chi connectivity index (χ1v) is 10.2. The lowest BCUT2D eigenvalue weighted by Gasteiger charge is -2.38. The van der Waals surface area contributed by atoms with E-state index in [0.717, 1.165) is 23.7 Å². The molecule has 4 heteroatoms. The molecule has 0 amide bonds. The van der Waals surface area contributed by atoms with E-state index in [1.54, 1.807) is 0 Å². The molecule has 0 N–H and O–H groups in total. The van der Waals surface area contributed by atoms with Crippen LogP contribution in [-0.2, 0) is 13.3 Å². The number of allylic oxidation sites excluding steroid dienone is 2. The van der Waals surface area contributed by atoms with Crippen molar-refractivity contribution in [2.75, 3.05) is 19.8 Å². The van der Waals surface area contributed by atoms with E-state index in [1.807, 2.05) is 0 Å². The van der Waals surface area contributed by atoms with Crippen LogP contribution in [0, 0.1) is 23.7 Å². The molecule has 0 aromatic carbocycles. The molecule has 0 spiro atoms. The van der Waals surface area contributed by atoms with Crippen molar-refractivity contribution >= 4 is 8.80 Å². The first-order valence-electron chi connectivity index (χ1n) is 8.35. The highest BCUT2D eigenvalue weighted by Crippen LogP contribution is 2.62. The predicted molar refractivity (Wildman–Crippen MR) is 81.3 cm³/mol. The van der Waals surface area contributed by atoms with Crippen LogP contribution in [0.3, 0.4) is 0 Å². The van der Waals surface area contributed by atoms with Crippen molar-refractivity contribution in [1.82, 2.24) is 0 Å². The fourth-order valence-corrected chi connectivity index (χ4v) is 8.58. The second-order valence-corrected chi connectivity index (χ2v) is 9.09. The lowest BCUT2D eigenvalue weighted by atomic mass is 9.86. The minimum atomic E-state index is -2.52. The lowest BCUT2D eigenvalue weighted by Crippen LogP contribution is -2.52. The fourth-order valence-electron chi connectivity index (χ4n) is 4.99. The summed E-state index contributed by atoms with van der Waals surface area (Å²) in [7, 11) is -2.52. The van der Waals surface area contributed by atoms with Crippen molar-refractivity contribution in [1.29, 1.82) is 0 Å². The van der Waals surface area contributed by atoms with E-state index in [4.69, 9.17) is 13.3 Å². The van der Waals surface area contributed by atoms with E-state index in [1.165, 1.54) is 19.3 Å². The molecule has 2 bridgehead atoms. The van der Waals surface area contributed by atoms with Crippen molar-refractivity contribution in [3.05, 3.63) is 12.2 Å². The van der Waals surface area contributed by atoms with Gasteiger partial charge in [-0.1, -0.05) is 12.2 Å². The summed E-state index contributed by atoms with van der Waals surface area (Å²) in [5.41, 5.74) is 0.521. The van der Waals surface area contributed by atoms with Crippen molar-refractivity contribution in [2.45, 2.75) is 45.6 Å². The highest BCUT2D eigenvalue weighted by molar-refractivity contribution is 6.62. The number of fused-ring (bicyclic) bond motifs is 5.